The maximum atomic E-state index is 13.1. The first-order chi connectivity index (χ1) is 49.6. The van der Waals surface area contributed by atoms with E-state index in [1.54, 1.807) is 0 Å². The number of phosphoric ester groups is 2. The van der Waals surface area contributed by atoms with Gasteiger partial charge in [0.2, 0.25) is 0 Å². The van der Waals surface area contributed by atoms with Gasteiger partial charge in [-0.25, -0.2) is 9.13 Å². The highest BCUT2D eigenvalue weighted by Crippen LogP contribution is 2.45. The number of rotatable bonds is 81. The second-order valence-electron chi connectivity index (χ2n) is 32.1. The molecule has 19 heteroatoms. The van der Waals surface area contributed by atoms with Crippen LogP contribution in [0.15, 0.2) is 0 Å². The number of carbonyl (C=O) groups is 4. The molecular weight excluding hydrogens is 1340 g/mol. The maximum absolute atomic E-state index is 13.1. The van der Waals surface area contributed by atoms with Crippen LogP contribution in [0.1, 0.15) is 434 Å². The van der Waals surface area contributed by atoms with Gasteiger partial charge in [0.15, 0.2) is 12.2 Å². The van der Waals surface area contributed by atoms with E-state index in [0.717, 1.165) is 114 Å². The number of hydrogen-bond donors (Lipinski definition) is 3. The molecule has 0 aliphatic rings. The Morgan fingerprint density at radius 1 is 0.243 bits per heavy atom. The molecule has 0 aliphatic carbocycles. The fourth-order valence-corrected chi connectivity index (χ4v) is 14.5. The molecule has 0 saturated heterocycles. The Balaban J connectivity index is 5.26. The maximum Gasteiger partial charge on any atom is 0.472 e. The van der Waals surface area contributed by atoms with Gasteiger partial charge in [-0.05, 0) is 49.4 Å². The minimum atomic E-state index is -4.97. The zero-order chi connectivity index (χ0) is 76.0. The molecular formula is C84H164O17P2. The molecule has 0 aromatic rings. The van der Waals surface area contributed by atoms with Crippen LogP contribution < -0.4 is 0 Å². The van der Waals surface area contributed by atoms with Gasteiger partial charge in [0, 0.05) is 25.7 Å². The summed E-state index contributed by atoms with van der Waals surface area (Å²) in [6, 6.07) is 0. The molecule has 0 spiro atoms. The van der Waals surface area contributed by atoms with Crippen molar-refractivity contribution in [3.8, 4) is 0 Å². The van der Waals surface area contributed by atoms with E-state index in [2.05, 4.69) is 55.4 Å². The van der Waals surface area contributed by atoms with E-state index in [1.165, 1.54) is 238 Å². The molecule has 103 heavy (non-hydrogen) atoms. The van der Waals surface area contributed by atoms with Gasteiger partial charge >= 0.3 is 39.5 Å². The Morgan fingerprint density at radius 3 is 0.602 bits per heavy atom. The normalized spacial score (nSPS) is 14.0. The van der Waals surface area contributed by atoms with Crippen molar-refractivity contribution in [3.05, 3.63) is 0 Å². The van der Waals surface area contributed by atoms with Gasteiger partial charge in [0.1, 0.15) is 19.3 Å². The van der Waals surface area contributed by atoms with Crippen molar-refractivity contribution in [2.45, 2.75) is 453 Å². The lowest BCUT2D eigenvalue weighted by atomic mass is 10.0. The summed E-state index contributed by atoms with van der Waals surface area (Å²) in [6.45, 7) is 14.3. The highest BCUT2D eigenvalue weighted by atomic mass is 31.2. The SMILES string of the molecule is CC(C)CCCCCCCCCCCCCCCCCC(=O)O[C@H](COC(=O)CCCCCCCCCCCCCCCCC(C)C)COP(=O)(O)OC[C@@H](O)COP(=O)(O)OC[C@@H](COC(=O)CCCCCCCCCCC(C)C)OC(=O)CCCCCCCCCCCCCCCCC(C)C. The summed E-state index contributed by atoms with van der Waals surface area (Å²) in [4.78, 5) is 73.2. The summed E-state index contributed by atoms with van der Waals surface area (Å²) in [5, 5.41) is 10.7. The number of aliphatic hydroxyl groups excluding tert-OH is 1. The highest BCUT2D eigenvalue weighted by molar-refractivity contribution is 7.47. The van der Waals surface area contributed by atoms with Crippen molar-refractivity contribution < 1.29 is 80.2 Å². The molecule has 0 heterocycles. The van der Waals surface area contributed by atoms with Crippen molar-refractivity contribution in [2.75, 3.05) is 39.6 Å². The third-order valence-corrected chi connectivity index (χ3v) is 21.5. The third-order valence-electron chi connectivity index (χ3n) is 19.6. The van der Waals surface area contributed by atoms with E-state index >= 15 is 0 Å². The van der Waals surface area contributed by atoms with Gasteiger partial charge in [-0.3, -0.25) is 37.3 Å². The number of ether oxygens (including phenoxy) is 4. The number of carbonyl (C=O) groups excluding carboxylic acids is 4. The lowest BCUT2D eigenvalue weighted by Gasteiger charge is -2.21. The molecule has 3 N–H and O–H groups in total. The Morgan fingerprint density at radius 2 is 0.408 bits per heavy atom. The first-order valence-electron chi connectivity index (χ1n) is 43.2. The van der Waals surface area contributed by atoms with E-state index in [1.807, 2.05) is 0 Å². The van der Waals surface area contributed by atoms with E-state index in [4.69, 9.17) is 37.0 Å². The average Bonchev–Trinajstić information content (AvgIpc) is 1.33. The summed E-state index contributed by atoms with van der Waals surface area (Å²) in [6.07, 6.45) is 61.0. The van der Waals surface area contributed by atoms with Crippen molar-refractivity contribution in [1.29, 1.82) is 0 Å². The molecule has 17 nitrogen and oxygen atoms in total. The molecule has 0 aliphatic heterocycles. The van der Waals surface area contributed by atoms with Crippen LogP contribution in [0.3, 0.4) is 0 Å². The molecule has 612 valence electrons. The third kappa shape index (κ3) is 78.0. The monoisotopic (exact) mass is 1510 g/mol. The summed E-state index contributed by atoms with van der Waals surface area (Å²) < 4.78 is 68.8. The van der Waals surface area contributed by atoms with Crippen molar-refractivity contribution in [1.82, 2.24) is 0 Å². The predicted molar refractivity (Wildman–Crippen MR) is 423 cm³/mol. The molecule has 0 aromatic carbocycles. The number of esters is 4. The Hall–Kier alpha value is -1.94. The van der Waals surface area contributed by atoms with Crippen LogP contribution >= 0.6 is 15.6 Å². The first kappa shape index (κ1) is 101. The Kier molecular flexibility index (Phi) is 71.5. The zero-order valence-corrected chi connectivity index (χ0v) is 69.7. The summed E-state index contributed by atoms with van der Waals surface area (Å²) in [5.41, 5.74) is 0. The topological polar surface area (TPSA) is 237 Å². The summed E-state index contributed by atoms with van der Waals surface area (Å²) in [7, 11) is -9.93. The molecule has 0 amide bonds. The Bertz CT molecular complexity index is 2010. The minimum absolute atomic E-state index is 0.107. The van der Waals surface area contributed by atoms with E-state index in [-0.39, 0.29) is 25.7 Å². The number of aliphatic hydroxyl groups is 1. The lowest BCUT2D eigenvalue weighted by Crippen LogP contribution is -2.30. The summed E-state index contributed by atoms with van der Waals surface area (Å²) >= 11 is 0. The first-order valence-corrected chi connectivity index (χ1v) is 46.2. The van der Waals surface area contributed by atoms with Crippen LogP contribution in [0.5, 0.6) is 0 Å². The van der Waals surface area contributed by atoms with E-state index in [9.17, 15) is 43.2 Å². The van der Waals surface area contributed by atoms with Gasteiger partial charge in [-0.1, -0.05) is 383 Å². The highest BCUT2D eigenvalue weighted by Gasteiger charge is 2.30. The Labute approximate surface area is 632 Å². The fourth-order valence-electron chi connectivity index (χ4n) is 13.0. The van der Waals surface area contributed by atoms with Gasteiger partial charge in [-0.2, -0.15) is 0 Å². The van der Waals surface area contributed by atoms with Crippen LogP contribution in [-0.2, 0) is 65.4 Å². The summed E-state index contributed by atoms with van der Waals surface area (Å²) in [5.74, 6) is 1.01. The van der Waals surface area contributed by atoms with Crippen LogP contribution in [0.4, 0.5) is 0 Å². The van der Waals surface area contributed by atoms with E-state index in [0.29, 0.717) is 25.7 Å². The second-order valence-corrected chi connectivity index (χ2v) is 35.0. The van der Waals surface area contributed by atoms with Crippen LogP contribution in [0.25, 0.3) is 0 Å². The smallest absolute Gasteiger partial charge is 0.462 e. The van der Waals surface area contributed by atoms with Gasteiger partial charge in [0.25, 0.3) is 0 Å². The average molecular weight is 1510 g/mol. The quantitative estimate of drug-likeness (QED) is 0.0222. The lowest BCUT2D eigenvalue weighted by molar-refractivity contribution is -0.161. The molecule has 0 saturated carbocycles. The van der Waals surface area contributed by atoms with Crippen LogP contribution in [0.2, 0.25) is 0 Å². The number of phosphoric acid groups is 2. The van der Waals surface area contributed by atoms with Crippen molar-refractivity contribution >= 4 is 39.5 Å². The van der Waals surface area contributed by atoms with Gasteiger partial charge < -0.3 is 33.8 Å². The van der Waals surface area contributed by atoms with Gasteiger partial charge in [-0.15, -0.1) is 0 Å². The standard InChI is InChI=1S/C84H164O17P2/c1-74(2)60-52-44-36-28-22-16-10-9-11-20-26-32-42-50-58-66-83(88)100-79(70-94-81(86)64-56-48-40-31-25-19-14-12-17-23-29-37-45-53-61-75(3)4)72-98-102(90,91)96-68-78(85)69-97-103(92,93)99-73-80(71-95-82(87)65-57-49-41-35-34-39-47-55-63-77(7)8)101-84(89)67-59-51-43-33-27-21-15-13-18-24-30-38-46-54-62-76(5)6/h74-80,85H,9-73H2,1-8H3,(H,90,91)(H,92,93)/t78-,79-,80-/m1/s1. The van der Waals surface area contributed by atoms with Crippen molar-refractivity contribution in [3.63, 3.8) is 0 Å². The zero-order valence-electron chi connectivity index (χ0n) is 68.0. The predicted octanol–water partition coefficient (Wildman–Crippen LogP) is 25.2. The molecule has 0 bridgehead atoms. The molecule has 0 radical (unpaired) electrons. The molecule has 0 fully saturated rings. The molecule has 0 rings (SSSR count). The minimum Gasteiger partial charge on any atom is -0.462 e. The largest absolute Gasteiger partial charge is 0.472 e. The van der Waals surface area contributed by atoms with Crippen LogP contribution in [0, 0.1) is 23.7 Å². The van der Waals surface area contributed by atoms with Gasteiger partial charge in [0.05, 0.1) is 26.4 Å². The van der Waals surface area contributed by atoms with Crippen molar-refractivity contribution in [2.24, 2.45) is 23.7 Å². The molecule has 5 atom stereocenters. The van der Waals surface area contributed by atoms with E-state index < -0.39 is 97.5 Å². The number of unbranched alkanes of at least 4 members (excludes halogenated alkanes) is 47. The molecule has 2 unspecified atom stereocenters. The fraction of sp³-hybridized carbons (Fsp3) is 0.952. The number of hydrogen-bond acceptors (Lipinski definition) is 15. The van der Waals surface area contributed by atoms with Crippen LogP contribution in [-0.4, -0.2) is 96.7 Å². The second kappa shape index (κ2) is 72.9. The molecule has 0 aromatic heterocycles.